The predicted octanol–water partition coefficient (Wildman–Crippen LogP) is 2.24. The molecule has 134 valence electrons. The molecule has 0 atom stereocenters. The molecule has 0 radical (unpaired) electrons. The summed E-state index contributed by atoms with van der Waals surface area (Å²) in [5.74, 6) is 0.0295. The van der Waals surface area contributed by atoms with Gasteiger partial charge in [0.15, 0.2) is 6.61 Å². The molecule has 0 aliphatic carbocycles. The SMILES string of the molecule is Cc1ccc(OCC(=O)NCCS(=O)(=O)Nc2ccccc2)cc1C. The molecule has 0 bridgehead atoms. The number of carbonyl (C=O) groups is 1. The van der Waals surface area contributed by atoms with Crippen molar-refractivity contribution in [2.75, 3.05) is 23.6 Å². The predicted molar refractivity (Wildman–Crippen MR) is 98.3 cm³/mol. The molecule has 2 N–H and O–H groups in total. The monoisotopic (exact) mass is 362 g/mol. The maximum absolute atomic E-state index is 11.9. The number of carbonyl (C=O) groups excluding carboxylic acids is 1. The van der Waals surface area contributed by atoms with Crippen molar-refractivity contribution in [1.29, 1.82) is 0 Å². The van der Waals surface area contributed by atoms with Crippen LogP contribution in [0.3, 0.4) is 0 Å². The highest BCUT2D eigenvalue weighted by Gasteiger charge is 2.11. The van der Waals surface area contributed by atoms with E-state index in [4.69, 9.17) is 4.74 Å². The normalized spacial score (nSPS) is 11.0. The van der Waals surface area contributed by atoms with Crippen molar-refractivity contribution in [3.8, 4) is 5.75 Å². The number of amides is 1. The van der Waals surface area contributed by atoms with Gasteiger partial charge in [-0.1, -0.05) is 24.3 Å². The summed E-state index contributed by atoms with van der Waals surface area (Å²) in [6, 6.07) is 14.2. The molecule has 0 spiro atoms. The summed E-state index contributed by atoms with van der Waals surface area (Å²) in [5, 5.41) is 2.54. The second kappa shape index (κ2) is 8.53. The first-order valence-corrected chi connectivity index (χ1v) is 9.53. The highest BCUT2D eigenvalue weighted by molar-refractivity contribution is 7.92. The molecular weight excluding hydrogens is 340 g/mol. The molecule has 0 aliphatic rings. The van der Waals surface area contributed by atoms with Crippen molar-refractivity contribution < 1.29 is 17.9 Å². The van der Waals surface area contributed by atoms with Gasteiger partial charge in [-0.3, -0.25) is 9.52 Å². The van der Waals surface area contributed by atoms with Crippen LogP contribution in [-0.2, 0) is 14.8 Å². The van der Waals surface area contributed by atoms with Crippen LogP contribution in [0.1, 0.15) is 11.1 Å². The maximum Gasteiger partial charge on any atom is 0.257 e. The number of sulfonamides is 1. The highest BCUT2D eigenvalue weighted by atomic mass is 32.2. The molecule has 2 aromatic carbocycles. The Hall–Kier alpha value is -2.54. The van der Waals surface area contributed by atoms with Crippen molar-refractivity contribution in [3.05, 3.63) is 59.7 Å². The zero-order valence-corrected chi connectivity index (χ0v) is 15.1. The van der Waals surface area contributed by atoms with Gasteiger partial charge >= 0.3 is 0 Å². The number of hydrogen-bond donors (Lipinski definition) is 2. The van der Waals surface area contributed by atoms with Crippen molar-refractivity contribution >= 4 is 21.6 Å². The Morgan fingerprint density at radius 3 is 2.44 bits per heavy atom. The topological polar surface area (TPSA) is 84.5 Å². The molecule has 0 saturated heterocycles. The second-order valence-corrected chi connectivity index (χ2v) is 7.51. The third-order valence-corrected chi connectivity index (χ3v) is 4.88. The minimum Gasteiger partial charge on any atom is -0.484 e. The number of nitrogens with one attached hydrogen (secondary N) is 2. The summed E-state index contributed by atoms with van der Waals surface area (Å²) < 4.78 is 31.7. The fourth-order valence-corrected chi connectivity index (χ4v) is 3.03. The van der Waals surface area contributed by atoms with Crippen LogP contribution in [0.4, 0.5) is 5.69 Å². The van der Waals surface area contributed by atoms with Gasteiger partial charge in [0.25, 0.3) is 5.91 Å². The fourth-order valence-electron chi connectivity index (χ4n) is 2.07. The summed E-state index contributed by atoms with van der Waals surface area (Å²) in [4.78, 5) is 11.8. The molecule has 0 aromatic heterocycles. The van der Waals surface area contributed by atoms with Crippen LogP contribution in [0, 0.1) is 13.8 Å². The van der Waals surface area contributed by atoms with Gasteiger partial charge in [-0.2, -0.15) is 0 Å². The van der Waals surface area contributed by atoms with Gasteiger partial charge in [-0.15, -0.1) is 0 Å². The minimum atomic E-state index is -3.51. The van der Waals surface area contributed by atoms with Gasteiger partial charge in [-0.25, -0.2) is 8.42 Å². The van der Waals surface area contributed by atoms with E-state index >= 15 is 0 Å². The number of benzene rings is 2. The van der Waals surface area contributed by atoms with Crippen molar-refractivity contribution in [2.24, 2.45) is 0 Å². The first-order chi connectivity index (χ1) is 11.9. The van der Waals surface area contributed by atoms with Crippen LogP contribution in [0.25, 0.3) is 0 Å². The van der Waals surface area contributed by atoms with Crippen molar-refractivity contribution in [3.63, 3.8) is 0 Å². The lowest BCUT2D eigenvalue weighted by molar-refractivity contribution is -0.122. The van der Waals surface area contributed by atoms with E-state index in [-0.39, 0.29) is 24.8 Å². The van der Waals surface area contributed by atoms with Crippen LogP contribution in [-0.4, -0.2) is 33.2 Å². The molecule has 6 nitrogen and oxygen atoms in total. The van der Waals surface area contributed by atoms with E-state index in [1.165, 1.54) is 0 Å². The van der Waals surface area contributed by atoms with Gasteiger partial charge in [0, 0.05) is 12.2 Å². The Bertz CT molecular complexity index is 820. The molecule has 0 saturated carbocycles. The van der Waals surface area contributed by atoms with Gasteiger partial charge in [0.1, 0.15) is 5.75 Å². The van der Waals surface area contributed by atoms with Crippen LogP contribution >= 0.6 is 0 Å². The van der Waals surface area contributed by atoms with Gasteiger partial charge in [-0.05, 0) is 49.2 Å². The largest absolute Gasteiger partial charge is 0.484 e. The third-order valence-electron chi connectivity index (χ3n) is 3.59. The van der Waals surface area contributed by atoms with Crippen LogP contribution in [0.15, 0.2) is 48.5 Å². The molecule has 1 amide bonds. The summed E-state index contributed by atoms with van der Waals surface area (Å²) >= 11 is 0. The number of rotatable bonds is 8. The highest BCUT2D eigenvalue weighted by Crippen LogP contribution is 2.16. The first-order valence-electron chi connectivity index (χ1n) is 7.88. The van der Waals surface area contributed by atoms with E-state index in [9.17, 15) is 13.2 Å². The van der Waals surface area contributed by atoms with Gasteiger partial charge in [0.05, 0.1) is 5.75 Å². The lowest BCUT2D eigenvalue weighted by Gasteiger charge is -2.10. The molecular formula is C18H22N2O4S. The lowest BCUT2D eigenvalue weighted by atomic mass is 10.1. The number of ether oxygens (including phenoxy) is 1. The summed E-state index contributed by atoms with van der Waals surface area (Å²) in [6.45, 7) is 3.81. The fraction of sp³-hybridized carbons (Fsp3) is 0.278. The molecule has 7 heteroatoms. The van der Waals surface area contributed by atoms with Crippen LogP contribution < -0.4 is 14.8 Å². The van der Waals surface area contributed by atoms with Crippen LogP contribution in [0.2, 0.25) is 0 Å². The number of para-hydroxylation sites is 1. The third kappa shape index (κ3) is 6.46. The summed E-state index contributed by atoms with van der Waals surface area (Å²) in [6.07, 6.45) is 0. The van der Waals surface area contributed by atoms with Gasteiger partial charge in [0.2, 0.25) is 10.0 Å². The van der Waals surface area contributed by atoms with Crippen molar-refractivity contribution in [2.45, 2.75) is 13.8 Å². The first kappa shape index (κ1) is 18.8. The van der Waals surface area contributed by atoms with E-state index in [1.807, 2.05) is 26.0 Å². The number of aryl methyl sites for hydroxylation is 2. The van der Waals surface area contributed by atoms with Crippen molar-refractivity contribution in [1.82, 2.24) is 5.32 Å². The van der Waals surface area contributed by atoms with E-state index in [2.05, 4.69) is 10.0 Å². The minimum absolute atomic E-state index is 0.0112. The quantitative estimate of drug-likeness (QED) is 0.754. The molecule has 0 aliphatic heterocycles. The maximum atomic E-state index is 11.9. The Morgan fingerprint density at radius 1 is 1.04 bits per heavy atom. The summed E-state index contributed by atoms with van der Waals surface area (Å²) in [5.41, 5.74) is 2.72. The van der Waals surface area contributed by atoms with E-state index in [0.717, 1.165) is 11.1 Å². The van der Waals surface area contributed by atoms with E-state index in [1.54, 1.807) is 36.4 Å². The van der Waals surface area contributed by atoms with E-state index in [0.29, 0.717) is 11.4 Å². The van der Waals surface area contributed by atoms with E-state index < -0.39 is 10.0 Å². The standard InChI is InChI=1S/C18H22N2O4S/c1-14-8-9-17(12-15(14)2)24-13-18(21)19-10-11-25(22,23)20-16-6-4-3-5-7-16/h3-9,12,20H,10-11,13H2,1-2H3,(H,19,21). The van der Waals surface area contributed by atoms with Gasteiger partial charge < -0.3 is 10.1 Å². The molecule has 2 aromatic rings. The molecule has 0 fully saturated rings. The molecule has 0 unspecified atom stereocenters. The average molecular weight is 362 g/mol. The Morgan fingerprint density at radius 2 is 1.76 bits per heavy atom. The van der Waals surface area contributed by atoms with Crippen LogP contribution in [0.5, 0.6) is 5.75 Å². The number of anilines is 1. The second-order valence-electron chi connectivity index (χ2n) is 5.67. The molecule has 0 heterocycles. The summed E-state index contributed by atoms with van der Waals surface area (Å²) in [7, 11) is -3.51. The molecule has 25 heavy (non-hydrogen) atoms. The number of hydrogen-bond acceptors (Lipinski definition) is 4. The Balaban J connectivity index is 1.73. The zero-order valence-electron chi connectivity index (χ0n) is 14.3. The average Bonchev–Trinajstić information content (AvgIpc) is 2.56. The zero-order chi connectivity index (χ0) is 18.3. The smallest absolute Gasteiger partial charge is 0.257 e. The molecule has 2 rings (SSSR count). The Labute approximate surface area is 148 Å². The lowest BCUT2D eigenvalue weighted by Crippen LogP contribution is -2.34. The Kier molecular flexibility index (Phi) is 6.41.